The molecule has 2 aliphatic rings. The lowest BCUT2D eigenvalue weighted by molar-refractivity contribution is -0.0871. The van der Waals surface area contributed by atoms with Crippen molar-refractivity contribution < 1.29 is 9.90 Å². The maximum Gasteiger partial charge on any atom is 0.317 e. The Labute approximate surface area is 142 Å². The SMILES string of the molecule is CCc1nc([C@H](C)NC(=O)N2CC[C@]3(O)CCCC[C@@H]3C2)cs1. The zero-order valence-electron chi connectivity index (χ0n) is 14.0. The third kappa shape index (κ3) is 3.53. The van der Waals surface area contributed by atoms with Gasteiger partial charge < -0.3 is 15.3 Å². The summed E-state index contributed by atoms with van der Waals surface area (Å²) in [5.74, 6) is 0.233. The highest BCUT2D eigenvalue weighted by Crippen LogP contribution is 2.39. The smallest absolute Gasteiger partial charge is 0.317 e. The van der Waals surface area contributed by atoms with E-state index in [1.165, 1.54) is 0 Å². The highest BCUT2D eigenvalue weighted by Gasteiger charge is 2.43. The summed E-state index contributed by atoms with van der Waals surface area (Å²) < 4.78 is 0. The Morgan fingerprint density at radius 2 is 2.39 bits per heavy atom. The topological polar surface area (TPSA) is 65.5 Å². The van der Waals surface area contributed by atoms with Crippen LogP contribution in [0.3, 0.4) is 0 Å². The molecule has 2 heterocycles. The van der Waals surface area contributed by atoms with E-state index in [4.69, 9.17) is 0 Å². The fourth-order valence-corrected chi connectivity index (χ4v) is 4.63. The summed E-state index contributed by atoms with van der Waals surface area (Å²) in [7, 11) is 0. The van der Waals surface area contributed by atoms with Gasteiger partial charge in [0.2, 0.25) is 0 Å². The lowest BCUT2D eigenvalue weighted by atomic mass is 9.71. The third-order valence-corrected chi connectivity index (χ3v) is 6.38. The second kappa shape index (κ2) is 6.77. The van der Waals surface area contributed by atoms with Gasteiger partial charge in [0.05, 0.1) is 22.3 Å². The van der Waals surface area contributed by atoms with Gasteiger partial charge in [-0.2, -0.15) is 0 Å². The van der Waals surface area contributed by atoms with E-state index in [-0.39, 0.29) is 18.0 Å². The van der Waals surface area contributed by atoms with Crippen LogP contribution in [-0.4, -0.2) is 39.7 Å². The van der Waals surface area contributed by atoms with E-state index in [1.807, 2.05) is 17.2 Å². The lowest BCUT2D eigenvalue weighted by Gasteiger charge is -2.47. The standard InChI is InChI=1S/C17H27N3O2S/c1-3-15-19-14(11-23-15)12(2)18-16(21)20-9-8-17(22)7-5-4-6-13(17)10-20/h11-13,22H,3-10H2,1-2H3,(H,18,21)/t12-,13+,17+/m0/s1. The molecule has 1 saturated heterocycles. The number of nitrogens with one attached hydrogen (secondary N) is 1. The van der Waals surface area contributed by atoms with Crippen molar-refractivity contribution in [3.8, 4) is 0 Å². The molecule has 1 aliphatic carbocycles. The van der Waals surface area contributed by atoms with Crippen molar-refractivity contribution in [2.45, 2.75) is 64.0 Å². The number of amides is 2. The van der Waals surface area contributed by atoms with Crippen molar-refractivity contribution in [3.63, 3.8) is 0 Å². The number of fused-ring (bicyclic) bond motifs is 1. The fourth-order valence-electron chi connectivity index (χ4n) is 3.79. The molecule has 2 N–H and O–H groups in total. The van der Waals surface area contributed by atoms with Crippen LogP contribution in [0.4, 0.5) is 4.79 Å². The molecule has 0 aromatic carbocycles. The number of carbonyl (C=O) groups excluding carboxylic acids is 1. The number of nitrogens with zero attached hydrogens (tertiary/aromatic N) is 2. The number of piperidine rings is 1. The molecule has 0 spiro atoms. The summed E-state index contributed by atoms with van der Waals surface area (Å²) in [4.78, 5) is 19.0. The van der Waals surface area contributed by atoms with Gasteiger partial charge in [-0.1, -0.05) is 19.8 Å². The fraction of sp³-hybridized carbons (Fsp3) is 0.765. The Morgan fingerprint density at radius 1 is 1.57 bits per heavy atom. The molecule has 5 nitrogen and oxygen atoms in total. The van der Waals surface area contributed by atoms with Crippen LogP contribution in [0.1, 0.15) is 62.7 Å². The molecule has 0 bridgehead atoms. The van der Waals surface area contributed by atoms with Crippen LogP contribution in [0.5, 0.6) is 0 Å². The van der Waals surface area contributed by atoms with Crippen LogP contribution in [0.15, 0.2) is 5.38 Å². The molecule has 2 amide bonds. The Morgan fingerprint density at radius 3 is 3.13 bits per heavy atom. The van der Waals surface area contributed by atoms with E-state index in [2.05, 4.69) is 17.2 Å². The van der Waals surface area contributed by atoms with Crippen LogP contribution < -0.4 is 5.32 Å². The summed E-state index contributed by atoms with van der Waals surface area (Å²) in [5.41, 5.74) is 0.400. The molecular formula is C17H27N3O2S. The number of thiazole rings is 1. The van der Waals surface area contributed by atoms with Gasteiger partial charge in [-0.05, 0) is 32.6 Å². The Balaban J connectivity index is 1.58. The minimum atomic E-state index is -0.536. The average Bonchev–Trinajstić information content (AvgIpc) is 3.03. The Kier molecular flexibility index (Phi) is 4.92. The van der Waals surface area contributed by atoms with Gasteiger partial charge in [0.1, 0.15) is 0 Å². The predicted octanol–water partition coefficient (Wildman–Crippen LogP) is 3.10. The highest BCUT2D eigenvalue weighted by molar-refractivity contribution is 7.09. The first-order valence-electron chi connectivity index (χ1n) is 8.74. The zero-order chi connectivity index (χ0) is 16.4. The molecule has 0 unspecified atom stereocenters. The van der Waals surface area contributed by atoms with Crippen LogP contribution in [0.25, 0.3) is 0 Å². The van der Waals surface area contributed by atoms with Gasteiger partial charge in [-0.3, -0.25) is 0 Å². The molecular weight excluding hydrogens is 310 g/mol. The largest absolute Gasteiger partial charge is 0.389 e. The molecule has 3 atom stereocenters. The highest BCUT2D eigenvalue weighted by atomic mass is 32.1. The van der Waals surface area contributed by atoms with Crippen LogP contribution in [-0.2, 0) is 6.42 Å². The molecule has 0 radical (unpaired) electrons. The van der Waals surface area contributed by atoms with Gasteiger partial charge in [-0.15, -0.1) is 11.3 Å². The van der Waals surface area contributed by atoms with Crippen molar-refractivity contribution in [1.29, 1.82) is 0 Å². The summed E-state index contributed by atoms with van der Waals surface area (Å²) in [6.45, 7) is 5.38. The Hall–Kier alpha value is -1.14. The van der Waals surface area contributed by atoms with Crippen molar-refractivity contribution in [2.24, 2.45) is 5.92 Å². The number of likely N-dealkylation sites (tertiary alicyclic amines) is 1. The van der Waals surface area contributed by atoms with E-state index < -0.39 is 5.60 Å². The number of aliphatic hydroxyl groups is 1. The predicted molar refractivity (Wildman–Crippen MR) is 91.5 cm³/mol. The minimum absolute atomic E-state index is 0.0313. The molecule has 1 aliphatic heterocycles. The molecule has 128 valence electrons. The molecule has 6 heteroatoms. The van der Waals surface area contributed by atoms with E-state index in [9.17, 15) is 9.90 Å². The minimum Gasteiger partial charge on any atom is -0.389 e. The summed E-state index contributed by atoms with van der Waals surface area (Å²) >= 11 is 1.65. The molecule has 1 aromatic heterocycles. The summed E-state index contributed by atoms with van der Waals surface area (Å²) in [5, 5.41) is 16.9. The van der Waals surface area contributed by atoms with Crippen molar-refractivity contribution in [3.05, 3.63) is 16.1 Å². The average molecular weight is 337 g/mol. The van der Waals surface area contributed by atoms with Crippen molar-refractivity contribution >= 4 is 17.4 Å². The first kappa shape index (κ1) is 16.7. The summed E-state index contributed by atoms with van der Waals surface area (Å²) in [6.07, 6.45) is 5.83. The van der Waals surface area contributed by atoms with Gasteiger partial charge >= 0.3 is 6.03 Å². The van der Waals surface area contributed by atoms with Gasteiger partial charge in [0.25, 0.3) is 0 Å². The van der Waals surface area contributed by atoms with E-state index in [1.54, 1.807) is 11.3 Å². The maximum atomic E-state index is 12.5. The van der Waals surface area contributed by atoms with E-state index in [0.717, 1.165) is 42.8 Å². The number of hydrogen-bond donors (Lipinski definition) is 2. The molecule has 3 rings (SSSR count). The molecule has 1 saturated carbocycles. The molecule has 1 aromatic rings. The lowest BCUT2D eigenvalue weighted by Crippen LogP contribution is -2.56. The molecule has 2 fully saturated rings. The normalized spacial score (nSPS) is 29.0. The number of hydrogen-bond acceptors (Lipinski definition) is 4. The van der Waals surface area contributed by atoms with Gasteiger partial charge in [0, 0.05) is 24.4 Å². The third-order valence-electron chi connectivity index (χ3n) is 5.37. The number of aryl methyl sites for hydroxylation is 1. The summed E-state index contributed by atoms with van der Waals surface area (Å²) in [6, 6.07) is -0.109. The Bertz CT molecular complexity index is 562. The second-order valence-electron chi connectivity index (χ2n) is 6.93. The monoisotopic (exact) mass is 337 g/mol. The number of aromatic nitrogens is 1. The number of carbonyl (C=O) groups is 1. The van der Waals surface area contributed by atoms with Gasteiger partial charge in [-0.25, -0.2) is 9.78 Å². The van der Waals surface area contributed by atoms with E-state index >= 15 is 0 Å². The second-order valence-corrected chi connectivity index (χ2v) is 7.88. The molecule has 23 heavy (non-hydrogen) atoms. The zero-order valence-corrected chi connectivity index (χ0v) is 14.9. The number of urea groups is 1. The first-order valence-corrected chi connectivity index (χ1v) is 9.62. The van der Waals surface area contributed by atoms with E-state index in [0.29, 0.717) is 19.5 Å². The van der Waals surface area contributed by atoms with Crippen LogP contribution >= 0.6 is 11.3 Å². The first-order chi connectivity index (χ1) is 11.0. The number of rotatable bonds is 3. The maximum absolute atomic E-state index is 12.5. The van der Waals surface area contributed by atoms with Gasteiger partial charge in [0.15, 0.2) is 0 Å². The van der Waals surface area contributed by atoms with Crippen LogP contribution in [0.2, 0.25) is 0 Å². The van der Waals surface area contributed by atoms with Crippen LogP contribution in [0, 0.1) is 5.92 Å². The quantitative estimate of drug-likeness (QED) is 0.891. The van der Waals surface area contributed by atoms with Crippen molar-refractivity contribution in [1.82, 2.24) is 15.2 Å². The van der Waals surface area contributed by atoms with Crippen molar-refractivity contribution in [2.75, 3.05) is 13.1 Å².